The number of aliphatic imine (C=N–C) groups is 1. The number of rotatable bonds is 3. The van der Waals surface area contributed by atoms with Gasteiger partial charge in [0.15, 0.2) is 5.17 Å². The number of thioether (sulfide) groups is 1. The minimum atomic E-state index is -0.244. The van der Waals surface area contributed by atoms with Gasteiger partial charge in [-0.2, -0.15) is 0 Å². The summed E-state index contributed by atoms with van der Waals surface area (Å²) in [7, 11) is 0. The van der Waals surface area contributed by atoms with Crippen LogP contribution in [0.15, 0.2) is 68.9 Å². The van der Waals surface area contributed by atoms with Crippen LogP contribution in [0, 0.1) is 0 Å². The van der Waals surface area contributed by atoms with Gasteiger partial charge in [-0.3, -0.25) is 4.79 Å². The molecular formula is C20H11Cl3N2O2S. The summed E-state index contributed by atoms with van der Waals surface area (Å²) in [6.07, 6.45) is 1.65. The van der Waals surface area contributed by atoms with Crippen LogP contribution in [-0.2, 0) is 4.79 Å². The van der Waals surface area contributed by atoms with Gasteiger partial charge in [0.1, 0.15) is 11.5 Å². The van der Waals surface area contributed by atoms with Gasteiger partial charge >= 0.3 is 0 Å². The molecule has 0 bridgehead atoms. The van der Waals surface area contributed by atoms with E-state index in [2.05, 4.69) is 10.3 Å². The fraction of sp³-hybridized carbons (Fsp3) is 0. The van der Waals surface area contributed by atoms with E-state index in [1.54, 1.807) is 60.7 Å². The number of amidine groups is 1. The number of carbonyl (C=O) groups is 1. The quantitative estimate of drug-likeness (QED) is 0.447. The van der Waals surface area contributed by atoms with E-state index in [9.17, 15) is 4.79 Å². The number of nitrogens with one attached hydrogen (secondary N) is 1. The van der Waals surface area contributed by atoms with Crippen LogP contribution in [0.2, 0.25) is 15.1 Å². The summed E-state index contributed by atoms with van der Waals surface area (Å²) in [6.45, 7) is 0. The van der Waals surface area contributed by atoms with Gasteiger partial charge in [-0.05, 0) is 60.3 Å². The van der Waals surface area contributed by atoms with Crippen molar-refractivity contribution in [1.29, 1.82) is 0 Å². The van der Waals surface area contributed by atoms with Crippen LogP contribution in [0.25, 0.3) is 17.4 Å². The van der Waals surface area contributed by atoms with Crippen LogP contribution in [0.1, 0.15) is 5.76 Å². The minimum absolute atomic E-state index is 0.244. The highest BCUT2D eigenvalue weighted by Crippen LogP contribution is 2.36. The third kappa shape index (κ3) is 4.13. The van der Waals surface area contributed by atoms with Crippen molar-refractivity contribution in [3.8, 4) is 11.3 Å². The first-order valence-corrected chi connectivity index (χ1v) is 10.0. The van der Waals surface area contributed by atoms with Crippen molar-refractivity contribution in [1.82, 2.24) is 5.32 Å². The zero-order valence-electron chi connectivity index (χ0n) is 14.1. The SMILES string of the molecule is O=C1NC(=Nc2ccc(Cl)cc2)SC1=Cc1ccc(-c2c(Cl)cccc2Cl)o1. The maximum absolute atomic E-state index is 12.2. The van der Waals surface area contributed by atoms with Crippen molar-refractivity contribution >= 4 is 69.4 Å². The summed E-state index contributed by atoms with van der Waals surface area (Å²) < 4.78 is 5.82. The standard InChI is InChI=1S/C20H11Cl3N2O2S/c21-11-4-6-12(7-5-11)24-20-25-19(26)17(28-20)10-13-8-9-16(27-13)18-14(22)2-1-3-15(18)23/h1-10H,(H,24,25,26). The van der Waals surface area contributed by atoms with Gasteiger partial charge in [0.2, 0.25) is 0 Å². The Bertz CT molecular complexity index is 1100. The van der Waals surface area contributed by atoms with Gasteiger partial charge in [-0.25, -0.2) is 4.99 Å². The van der Waals surface area contributed by atoms with Crippen molar-refractivity contribution in [2.45, 2.75) is 0 Å². The smallest absolute Gasteiger partial charge is 0.264 e. The molecule has 1 aliphatic rings. The molecule has 0 radical (unpaired) electrons. The predicted molar refractivity (Wildman–Crippen MR) is 116 cm³/mol. The highest BCUT2D eigenvalue weighted by Gasteiger charge is 2.24. The lowest BCUT2D eigenvalue weighted by Gasteiger charge is -2.02. The van der Waals surface area contributed by atoms with Gasteiger partial charge < -0.3 is 9.73 Å². The molecule has 1 saturated heterocycles. The molecule has 0 saturated carbocycles. The number of amides is 1. The number of nitrogens with zero attached hydrogens (tertiary/aromatic N) is 1. The molecule has 2 heterocycles. The van der Waals surface area contributed by atoms with Gasteiger partial charge in [-0.1, -0.05) is 40.9 Å². The van der Waals surface area contributed by atoms with Crippen molar-refractivity contribution < 1.29 is 9.21 Å². The molecule has 28 heavy (non-hydrogen) atoms. The van der Waals surface area contributed by atoms with Gasteiger partial charge in [0.05, 0.1) is 26.2 Å². The number of halogens is 3. The lowest BCUT2D eigenvalue weighted by Crippen LogP contribution is -2.19. The van der Waals surface area contributed by atoms with Crippen LogP contribution in [0.3, 0.4) is 0 Å². The van der Waals surface area contributed by atoms with Crippen molar-refractivity contribution in [2.24, 2.45) is 4.99 Å². The molecule has 1 aromatic heterocycles. The third-order valence-electron chi connectivity index (χ3n) is 3.82. The van der Waals surface area contributed by atoms with Crippen LogP contribution in [-0.4, -0.2) is 11.1 Å². The van der Waals surface area contributed by atoms with E-state index in [-0.39, 0.29) is 5.91 Å². The van der Waals surface area contributed by atoms with Crippen molar-refractivity contribution in [3.05, 3.63) is 80.3 Å². The summed E-state index contributed by atoms with van der Waals surface area (Å²) in [4.78, 5) is 17.1. The Balaban J connectivity index is 1.57. The lowest BCUT2D eigenvalue weighted by molar-refractivity contribution is -0.115. The van der Waals surface area contributed by atoms with E-state index in [0.717, 1.165) is 0 Å². The number of benzene rings is 2. The minimum Gasteiger partial charge on any atom is -0.457 e. The summed E-state index contributed by atoms with van der Waals surface area (Å²) >= 11 is 19.5. The Morgan fingerprint density at radius 2 is 1.68 bits per heavy atom. The summed E-state index contributed by atoms with van der Waals surface area (Å²) in [5.74, 6) is 0.795. The molecule has 4 nitrogen and oxygen atoms in total. The molecule has 0 atom stereocenters. The van der Waals surface area contributed by atoms with E-state index in [1.165, 1.54) is 11.8 Å². The second kappa shape index (κ2) is 8.05. The predicted octanol–water partition coefficient (Wildman–Crippen LogP) is 6.80. The molecule has 2 aromatic carbocycles. The molecule has 0 aliphatic carbocycles. The fourth-order valence-corrected chi connectivity index (χ4v) is 4.07. The molecule has 140 valence electrons. The molecule has 1 fully saturated rings. The zero-order valence-corrected chi connectivity index (χ0v) is 17.2. The maximum Gasteiger partial charge on any atom is 0.264 e. The number of hydrogen-bond acceptors (Lipinski definition) is 4. The lowest BCUT2D eigenvalue weighted by atomic mass is 10.2. The molecule has 3 aromatic rings. The summed E-state index contributed by atoms with van der Waals surface area (Å²) in [6, 6.07) is 15.8. The monoisotopic (exact) mass is 448 g/mol. The maximum atomic E-state index is 12.2. The Morgan fingerprint density at radius 1 is 0.964 bits per heavy atom. The first-order chi connectivity index (χ1) is 13.5. The van der Waals surface area contributed by atoms with E-state index in [0.29, 0.717) is 47.9 Å². The normalized spacial score (nSPS) is 16.8. The topological polar surface area (TPSA) is 54.6 Å². The Morgan fingerprint density at radius 3 is 2.39 bits per heavy atom. The van der Waals surface area contributed by atoms with Gasteiger partial charge in [-0.15, -0.1) is 0 Å². The van der Waals surface area contributed by atoms with Crippen LogP contribution < -0.4 is 5.32 Å². The van der Waals surface area contributed by atoms with Crippen LogP contribution in [0.5, 0.6) is 0 Å². The molecule has 0 unspecified atom stereocenters. The Kier molecular flexibility index (Phi) is 5.51. The largest absolute Gasteiger partial charge is 0.457 e. The number of furan rings is 1. The van der Waals surface area contributed by atoms with E-state index in [1.807, 2.05) is 0 Å². The van der Waals surface area contributed by atoms with Gasteiger partial charge in [0, 0.05) is 11.1 Å². The summed E-state index contributed by atoms with van der Waals surface area (Å²) in [5.41, 5.74) is 1.31. The Labute approximate surface area is 180 Å². The highest BCUT2D eigenvalue weighted by atomic mass is 35.5. The van der Waals surface area contributed by atoms with E-state index in [4.69, 9.17) is 39.2 Å². The molecule has 1 amide bonds. The molecule has 1 aliphatic heterocycles. The number of hydrogen-bond donors (Lipinski definition) is 1. The molecule has 8 heteroatoms. The molecule has 4 rings (SSSR count). The summed E-state index contributed by atoms with van der Waals surface area (Å²) in [5, 5.41) is 4.83. The van der Waals surface area contributed by atoms with Crippen molar-refractivity contribution in [2.75, 3.05) is 0 Å². The third-order valence-corrected chi connectivity index (χ3v) is 5.61. The molecule has 0 spiro atoms. The first-order valence-electron chi connectivity index (χ1n) is 8.09. The molecule has 1 N–H and O–H groups in total. The van der Waals surface area contributed by atoms with Crippen LogP contribution >= 0.6 is 46.6 Å². The van der Waals surface area contributed by atoms with E-state index < -0.39 is 0 Å². The molecular weight excluding hydrogens is 439 g/mol. The first kappa shape index (κ1) is 19.2. The fourth-order valence-electron chi connectivity index (χ4n) is 2.54. The highest BCUT2D eigenvalue weighted by molar-refractivity contribution is 8.18. The van der Waals surface area contributed by atoms with Crippen LogP contribution in [0.4, 0.5) is 5.69 Å². The number of carbonyl (C=O) groups excluding carboxylic acids is 1. The second-order valence-corrected chi connectivity index (χ2v) is 8.04. The zero-order chi connectivity index (χ0) is 19.7. The Hall–Kier alpha value is -2.18. The average molecular weight is 450 g/mol. The van der Waals surface area contributed by atoms with Crippen molar-refractivity contribution in [3.63, 3.8) is 0 Å². The van der Waals surface area contributed by atoms with Gasteiger partial charge in [0.25, 0.3) is 5.91 Å². The average Bonchev–Trinajstić information content (AvgIpc) is 3.24. The van der Waals surface area contributed by atoms with E-state index >= 15 is 0 Å². The second-order valence-electron chi connectivity index (χ2n) is 5.76.